The molecule has 0 aliphatic carbocycles. The normalized spacial score (nSPS) is 14.0. The van der Waals surface area contributed by atoms with Gasteiger partial charge in [-0.15, -0.1) is 11.3 Å². The van der Waals surface area contributed by atoms with Crippen LogP contribution in [0, 0.1) is 12.7 Å². The first-order valence-electron chi connectivity index (χ1n) is 7.14. The first-order chi connectivity index (χ1) is 9.99. The lowest BCUT2D eigenvalue weighted by molar-refractivity contribution is 0.384. The Morgan fingerprint density at radius 3 is 2.62 bits per heavy atom. The van der Waals surface area contributed by atoms with Gasteiger partial charge < -0.3 is 10.1 Å². The highest BCUT2D eigenvalue weighted by Crippen LogP contribution is 2.23. The van der Waals surface area contributed by atoms with E-state index in [1.807, 2.05) is 11.3 Å². The second-order valence-corrected chi connectivity index (χ2v) is 6.77. The molecule has 1 N–H and O–H groups in total. The third kappa shape index (κ3) is 4.29. The van der Waals surface area contributed by atoms with Crippen LogP contribution in [-0.4, -0.2) is 13.2 Å². The molecule has 114 valence electrons. The summed E-state index contributed by atoms with van der Waals surface area (Å²) in [5, 5.41) is 3.55. The van der Waals surface area contributed by atoms with E-state index < -0.39 is 0 Å². The highest BCUT2D eigenvalue weighted by molar-refractivity contribution is 7.11. The molecule has 2 aromatic rings. The number of benzene rings is 1. The van der Waals surface area contributed by atoms with Gasteiger partial charge >= 0.3 is 0 Å². The first-order valence-corrected chi connectivity index (χ1v) is 7.96. The summed E-state index contributed by atoms with van der Waals surface area (Å²) in [4.78, 5) is 2.73. The maximum atomic E-state index is 13.4. The van der Waals surface area contributed by atoms with Crippen molar-refractivity contribution < 1.29 is 9.13 Å². The molecule has 0 radical (unpaired) electrons. The molecule has 1 aromatic carbocycles. The fourth-order valence-electron chi connectivity index (χ4n) is 2.42. The minimum atomic E-state index is -0.324. The molecule has 0 saturated carbocycles. The Hall–Kier alpha value is -1.39. The van der Waals surface area contributed by atoms with Crippen LogP contribution in [0.2, 0.25) is 0 Å². The van der Waals surface area contributed by atoms with E-state index in [9.17, 15) is 4.39 Å². The molecule has 1 heterocycles. The van der Waals surface area contributed by atoms with Crippen molar-refractivity contribution in [3.8, 4) is 5.75 Å². The van der Waals surface area contributed by atoms with Gasteiger partial charge in [0, 0.05) is 21.8 Å². The highest BCUT2D eigenvalue weighted by Gasteiger charge is 2.13. The molecule has 21 heavy (non-hydrogen) atoms. The van der Waals surface area contributed by atoms with Crippen molar-refractivity contribution in [2.75, 3.05) is 7.11 Å². The van der Waals surface area contributed by atoms with E-state index in [0.29, 0.717) is 11.8 Å². The van der Waals surface area contributed by atoms with Crippen LogP contribution >= 0.6 is 11.3 Å². The largest absolute Gasteiger partial charge is 0.494 e. The van der Waals surface area contributed by atoms with Gasteiger partial charge in [-0.2, -0.15) is 0 Å². The van der Waals surface area contributed by atoms with Crippen LogP contribution in [0.15, 0.2) is 30.3 Å². The number of aryl methyl sites for hydroxylation is 1. The lowest BCUT2D eigenvalue weighted by Crippen LogP contribution is -2.30. The third-order valence-corrected chi connectivity index (χ3v) is 4.54. The van der Waals surface area contributed by atoms with Crippen LogP contribution in [-0.2, 0) is 6.42 Å². The van der Waals surface area contributed by atoms with Crippen molar-refractivity contribution in [2.45, 2.75) is 39.3 Å². The van der Waals surface area contributed by atoms with Crippen molar-refractivity contribution in [1.29, 1.82) is 0 Å². The quantitative estimate of drug-likeness (QED) is 0.849. The minimum Gasteiger partial charge on any atom is -0.494 e. The van der Waals surface area contributed by atoms with E-state index in [-0.39, 0.29) is 11.9 Å². The van der Waals surface area contributed by atoms with Crippen LogP contribution < -0.4 is 10.1 Å². The molecule has 0 bridgehead atoms. The third-order valence-electron chi connectivity index (χ3n) is 3.51. The van der Waals surface area contributed by atoms with Crippen molar-refractivity contribution in [3.63, 3.8) is 0 Å². The zero-order chi connectivity index (χ0) is 15.4. The summed E-state index contributed by atoms with van der Waals surface area (Å²) >= 11 is 1.84. The Bertz CT molecular complexity index is 596. The summed E-state index contributed by atoms with van der Waals surface area (Å²) in [5.41, 5.74) is 1.03. The minimum absolute atomic E-state index is 0.149. The van der Waals surface area contributed by atoms with E-state index in [4.69, 9.17) is 4.74 Å². The number of thiophene rings is 1. The van der Waals surface area contributed by atoms with Gasteiger partial charge in [0.25, 0.3) is 0 Å². The van der Waals surface area contributed by atoms with Gasteiger partial charge in [0.05, 0.1) is 7.11 Å². The number of halogens is 1. The molecule has 1 aromatic heterocycles. The van der Waals surface area contributed by atoms with Crippen molar-refractivity contribution >= 4 is 11.3 Å². The molecule has 2 unspecified atom stereocenters. The highest BCUT2D eigenvalue weighted by atomic mass is 32.1. The maximum Gasteiger partial charge on any atom is 0.165 e. The van der Waals surface area contributed by atoms with Gasteiger partial charge in [0.15, 0.2) is 11.6 Å². The number of ether oxygens (including phenoxy) is 1. The molecule has 0 fully saturated rings. The summed E-state index contributed by atoms with van der Waals surface area (Å²) in [6.07, 6.45) is 1.00. The maximum absolute atomic E-state index is 13.4. The summed E-state index contributed by atoms with van der Waals surface area (Å²) in [6.45, 7) is 6.38. The molecule has 0 saturated heterocycles. The second kappa shape index (κ2) is 7.05. The lowest BCUT2D eigenvalue weighted by atomic mass is 10.1. The Balaban J connectivity index is 1.98. The molecular weight excluding hydrogens is 285 g/mol. The fourth-order valence-corrected chi connectivity index (χ4v) is 3.44. The summed E-state index contributed by atoms with van der Waals surface area (Å²) in [5.74, 6) is -0.0294. The van der Waals surface area contributed by atoms with Crippen LogP contribution in [0.4, 0.5) is 4.39 Å². The molecule has 0 amide bonds. The predicted molar refractivity (Wildman–Crippen MR) is 86.7 cm³/mol. The Kier molecular flexibility index (Phi) is 5.37. The van der Waals surface area contributed by atoms with Crippen LogP contribution in [0.3, 0.4) is 0 Å². The van der Waals surface area contributed by atoms with Crippen LogP contribution in [0.5, 0.6) is 5.75 Å². The van der Waals surface area contributed by atoms with Crippen molar-refractivity contribution in [2.24, 2.45) is 0 Å². The molecule has 2 nitrogen and oxygen atoms in total. The van der Waals surface area contributed by atoms with E-state index in [0.717, 1.165) is 12.0 Å². The fraction of sp³-hybridized carbons (Fsp3) is 0.412. The molecule has 4 heteroatoms. The summed E-state index contributed by atoms with van der Waals surface area (Å²) < 4.78 is 18.5. The average molecular weight is 307 g/mol. The average Bonchev–Trinajstić information content (AvgIpc) is 2.84. The van der Waals surface area contributed by atoms with Crippen molar-refractivity contribution in [3.05, 3.63) is 51.5 Å². The molecule has 2 atom stereocenters. The second-order valence-electron chi connectivity index (χ2n) is 5.40. The monoisotopic (exact) mass is 307 g/mol. The number of rotatable bonds is 6. The topological polar surface area (TPSA) is 21.3 Å². The predicted octanol–water partition coefficient (Wildman–Crippen LogP) is 4.49. The number of nitrogens with one attached hydrogen (secondary N) is 1. The van der Waals surface area contributed by atoms with E-state index in [1.54, 1.807) is 12.1 Å². The smallest absolute Gasteiger partial charge is 0.165 e. The van der Waals surface area contributed by atoms with E-state index in [2.05, 4.69) is 38.2 Å². The van der Waals surface area contributed by atoms with Gasteiger partial charge in [-0.25, -0.2) is 4.39 Å². The zero-order valence-electron chi connectivity index (χ0n) is 12.9. The molecule has 2 rings (SSSR count). The Labute approximate surface area is 130 Å². The number of hydrogen-bond donors (Lipinski definition) is 1. The lowest BCUT2D eigenvalue weighted by Gasteiger charge is -2.20. The SMILES string of the molecule is COc1cc(C(C)NC(C)Cc2ccc(C)s2)ccc1F. The molecule has 0 spiro atoms. The molecule has 0 aliphatic heterocycles. The van der Waals surface area contributed by atoms with Gasteiger partial charge in [-0.1, -0.05) is 6.07 Å². The van der Waals surface area contributed by atoms with Crippen LogP contribution in [0.25, 0.3) is 0 Å². The summed E-state index contributed by atoms with van der Waals surface area (Å²) in [7, 11) is 1.49. The Morgan fingerprint density at radius 2 is 2.00 bits per heavy atom. The van der Waals surface area contributed by atoms with E-state index in [1.165, 1.54) is 22.9 Å². The van der Waals surface area contributed by atoms with Crippen LogP contribution in [0.1, 0.15) is 35.2 Å². The van der Waals surface area contributed by atoms with Gasteiger partial charge in [0.1, 0.15) is 0 Å². The zero-order valence-corrected chi connectivity index (χ0v) is 13.8. The first kappa shape index (κ1) is 16.0. The van der Waals surface area contributed by atoms with Gasteiger partial charge in [-0.3, -0.25) is 0 Å². The Morgan fingerprint density at radius 1 is 1.24 bits per heavy atom. The van der Waals surface area contributed by atoms with Gasteiger partial charge in [-0.05, 0) is 57.0 Å². The summed E-state index contributed by atoms with van der Waals surface area (Å²) in [6, 6.07) is 9.86. The van der Waals surface area contributed by atoms with E-state index >= 15 is 0 Å². The number of hydrogen-bond acceptors (Lipinski definition) is 3. The molecular formula is C17H22FNOS. The standard InChI is InChI=1S/C17H22FNOS/c1-11(9-15-7-5-12(2)21-15)19-13(3)14-6-8-16(18)17(10-14)20-4/h5-8,10-11,13,19H,9H2,1-4H3. The van der Waals surface area contributed by atoms with Gasteiger partial charge in [0.2, 0.25) is 0 Å². The van der Waals surface area contributed by atoms with Crippen molar-refractivity contribution in [1.82, 2.24) is 5.32 Å². The number of methoxy groups -OCH3 is 1. The molecule has 0 aliphatic rings.